The highest BCUT2D eigenvalue weighted by Crippen LogP contribution is 2.47. The summed E-state index contributed by atoms with van der Waals surface area (Å²) in [4.78, 5) is 22.8. The minimum atomic E-state index is -0.323. The van der Waals surface area contributed by atoms with Crippen molar-refractivity contribution in [3.63, 3.8) is 0 Å². The van der Waals surface area contributed by atoms with Gasteiger partial charge in [-0.25, -0.2) is 28.7 Å². The van der Waals surface area contributed by atoms with Crippen LogP contribution in [0.2, 0.25) is 0 Å². The van der Waals surface area contributed by atoms with E-state index in [2.05, 4.69) is 36.4 Å². The Labute approximate surface area is 310 Å². The van der Waals surface area contributed by atoms with Gasteiger partial charge in [-0.15, -0.1) is 0 Å². The third-order valence-electron chi connectivity index (χ3n) is 9.38. The predicted molar refractivity (Wildman–Crippen MR) is 213 cm³/mol. The maximum absolute atomic E-state index is 14.5. The van der Waals surface area contributed by atoms with Crippen molar-refractivity contribution >= 4 is 56.2 Å². The fourth-order valence-electron chi connectivity index (χ4n) is 7.05. The third-order valence-corrected chi connectivity index (χ3v) is 9.38. The topological polar surface area (TPSA) is 58.0 Å². The SMILES string of the molecule is Fc1ccc(-c2c3ccc(N(c4ccccn4)c4ccccn4)cc3c(-c3ccc(F)cc3)c3ccc(N(c4ccccn4)c4ccccn4)cc23)cc1. The highest BCUT2D eigenvalue weighted by Gasteiger charge is 2.23. The molecule has 9 aromatic rings. The summed E-state index contributed by atoms with van der Waals surface area (Å²) in [5.41, 5.74) is 5.19. The van der Waals surface area contributed by atoms with Crippen molar-refractivity contribution in [1.82, 2.24) is 19.9 Å². The molecule has 0 N–H and O–H groups in total. The van der Waals surface area contributed by atoms with Crippen molar-refractivity contribution in [3.05, 3.63) is 194 Å². The van der Waals surface area contributed by atoms with Crippen LogP contribution in [0.15, 0.2) is 183 Å². The first-order valence-corrected chi connectivity index (χ1v) is 17.4. The second-order valence-electron chi connectivity index (χ2n) is 12.6. The predicted octanol–water partition coefficient (Wildman–Crippen LogP) is 12.1. The molecule has 0 saturated carbocycles. The third kappa shape index (κ3) is 6.05. The van der Waals surface area contributed by atoms with Gasteiger partial charge in [0.2, 0.25) is 0 Å². The lowest BCUT2D eigenvalue weighted by molar-refractivity contribution is 0.627. The number of aromatic nitrogens is 4. The number of pyridine rings is 4. The van der Waals surface area contributed by atoms with Gasteiger partial charge in [0.05, 0.1) is 0 Å². The Morgan fingerprint density at radius 1 is 0.333 bits per heavy atom. The number of halogens is 2. The van der Waals surface area contributed by atoms with Crippen LogP contribution >= 0.6 is 0 Å². The summed E-state index contributed by atoms with van der Waals surface area (Å²) in [6.45, 7) is 0. The van der Waals surface area contributed by atoms with Gasteiger partial charge in [0.1, 0.15) is 34.9 Å². The van der Waals surface area contributed by atoms with E-state index >= 15 is 0 Å². The van der Waals surface area contributed by atoms with Gasteiger partial charge in [0.25, 0.3) is 0 Å². The first kappa shape index (κ1) is 32.6. The van der Waals surface area contributed by atoms with Gasteiger partial charge in [-0.2, -0.15) is 0 Å². The molecule has 5 aromatic carbocycles. The second kappa shape index (κ2) is 14.0. The van der Waals surface area contributed by atoms with Gasteiger partial charge in [-0.3, -0.25) is 9.80 Å². The van der Waals surface area contributed by atoms with Crippen LogP contribution < -0.4 is 9.80 Å². The van der Waals surface area contributed by atoms with E-state index in [9.17, 15) is 8.78 Å². The van der Waals surface area contributed by atoms with Crippen LogP contribution in [0.4, 0.5) is 43.4 Å². The Morgan fingerprint density at radius 2 is 0.667 bits per heavy atom. The minimum absolute atomic E-state index is 0.323. The molecule has 0 fully saturated rings. The molecular formula is C46H30F2N6. The van der Waals surface area contributed by atoms with Gasteiger partial charge in [-0.1, -0.05) is 60.7 Å². The van der Waals surface area contributed by atoms with E-state index in [1.165, 1.54) is 24.3 Å². The molecule has 54 heavy (non-hydrogen) atoms. The zero-order valence-electron chi connectivity index (χ0n) is 28.8. The zero-order chi connectivity index (χ0) is 36.4. The summed E-state index contributed by atoms with van der Waals surface area (Å²) in [5, 5.41) is 3.70. The van der Waals surface area contributed by atoms with E-state index < -0.39 is 0 Å². The molecule has 0 aliphatic rings. The van der Waals surface area contributed by atoms with Crippen molar-refractivity contribution in [3.8, 4) is 22.3 Å². The Balaban J connectivity index is 1.38. The summed E-state index contributed by atoms with van der Waals surface area (Å²) in [6, 6.07) is 48.8. The highest BCUT2D eigenvalue weighted by molar-refractivity contribution is 6.22. The van der Waals surface area contributed by atoms with Crippen LogP contribution in [0.5, 0.6) is 0 Å². The second-order valence-corrected chi connectivity index (χ2v) is 12.6. The molecule has 0 unspecified atom stereocenters. The number of hydrogen-bond acceptors (Lipinski definition) is 6. The number of fused-ring (bicyclic) bond motifs is 2. The molecule has 4 heterocycles. The van der Waals surface area contributed by atoms with Gasteiger partial charge in [-0.05, 0) is 141 Å². The lowest BCUT2D eigenvalue weighted by Gasteiger charge is -2.26. The van der Waals surface area contributed by atoms with E-state index in [1.807, 2.05) is 107 Å². The molecule has 0 saturated heterocycles. The number of rotatable bonds is 8. The normalized spacial score (nSPS) is 11.1. The van der Waals surface area contributed by atoms with E-state index in [-0.39, 0.29) is 11.6 Å². The summed E-state index contributed by atoms with van der Waals surface area (Å²) < 4.78 is 29.0. The molecule has 0 aliphatic heterocycles. The largest absolute Gasteiger partial charge is 0.279 e. The van der Waals surface area contributed by atoms with Crippen molar-refractivity contribution in [1.29, 1.82) is 0 Å². The highest BCUT2D eigenvalue weighted by atomic mass is 19.1. The van der Waals surface area contributed by atoms with Crippen LogP contribution in [0.25, 0.3) is 43.8 Å². The Hall–Kier alpha value is -7.32. The molecule has 0 atom stereocenters. The van der Waals surface area contributed by atoms with Gasteiger partial charge in [0.15, 0.2) is 0 Å². The lowest BCUT2D eigenvalue weighted by atomic mass is 9.85. The molecule has 258 valence electrons. The average Bonchev–Trinajstić information content (AvgIpc) is 3.23. The molecule has 0 bridgehead atoms. The van der Waals surface area contributed by atoms with Crippen molar-refractivity contribution in [2.24, 2.45) is 0 Å². The summed E-state index contributed by atoms with van der Waals surface area (Å²) >= 11 is 0. The molecule has 0 radical (unpaired) electrons. The monoisotopic (exact) mass is 704 g/mol. The zero-order valence-corrected chi connectivity index (χ0v) is 28.8. The van der Waals surface area contributed by atoms with Crippen LogP contribution in [0, 0.1) is 11.6 Å². The number of hydrogen-bond donors (Lipinski definition) is 0. The molecule has 0 spiro atoms. The van der Waals surface area contributed by atoms with E-state index in [0.29, 0.717) is 23.3 Å². The molecule has 4 aromatic heterocycles. The fraction of sp³-hybridized carbons (Fsp3) is 0. The quantitative estimate of drug-likeness (QED) is 0.147. The number of anilines is 6. The van der Waals surface area contributed by atoms with Gasteiger partial charge >= 0.3 is 0 Å². The van der Waals surface area contributed by atoms with Crippen molar-refractivity contribution in [2.45, 2.75) is 0 Å². The Bertz CT molecular complexity index is 2440. The maximum Gasteiger partial charge on any atom is 0.138 e. The van der Waals surface area contributed by atoms with Crippen LogP contribution in [-0.2, 0) is 0 Å². The maximum atomic E-state index is 14.5. The standard InChI is InChI=1S/C46H30F2N6/c47-33-17-13-31(14-18-33)45-38-24-22-36(54(43-11-3-7-27-51-43)44-12-4-8-28-52-44)30-40(38)46(32-15-19-34(48)20-16-32)37-23-21-35(29-39(37)45)53(41-9-1-5-25-49-41)42-10-2-6-26-50-42/h1-30H. The summed E-state index contributed by atoms with van der Waals surface area (Å²) in [6.07, 6.45) is 7.03. The molecule has 0 aliphatic carbocycles. The van der Waals surface area contributed by atoms with E-state index in [1.54, 1.807) is 24.8 Å². The number of nitrogens with zero attached hydrogens (tertiary/aromatic N) is 6. The molecule has 8 heteroatoms. The van der Waals surface area contributed by atoms with Crippen LogP contribution in [0.1, 0.15) is 0 Å². The minimum Gasteiger partial charge on any atom is -0.279 e. The molecule has 0 amide bonds. The van der Waals surface area contributed by atoms with Gasteiger partial charge < -0.3 is 0 Å². The van der Waals surface area contributed by atoms with Crippen LogP contribution in [0.3, 0.4) is 0 Å². The van der Waals surface area contributed by atoms with Crippen molar-refractivity contribution in [2.75, 3.05) is 9.80 Å². The molecule has 9 rings (SSSR count). The lowest BCUT2D eigenvalue weighted by Crippen LogP contribution is -2.13. The first-order chi connectivity index (χ1) is 26.6. The average molecular weight is 705 g/mol. The van der Waals surface area contributed by atoms with E-state index in [4.69, 9.17) is 19.9 Å². The molecular weight excluding hydrogens is 675 g/mol. The first-order valence-electron chi connectivity index (χ1n) is 17.4. The summed E-state index contributed by atoms with van der Waals surface area (Å²) in [5.74, 6) is 2.16. The van der Waals surface area contributed by atoms with Gasteiger partial charge in [0, 0.05) is 36.2 Å². The smallest absolute Gasteiger partial charge is 0.138 e. The van der Waals surface area contributed by atoms with E-state index in [0.717, 1.165) is 55.2 Å². The number of benzene rings is 5. The summed E-state index contributed by atoms with van der Waals surface area (Å²) in [7, 11) is 0. The Morgan fingerprint density at radius 3 is 0.963 bits per heavy atom. The molecule has 6 nitrogen and oxygen atoms in total. The fourth-order valence-corrected chi connectivity index (χ4v) is 7.05. The van der Waals surface area contributed by atoms with Crippen LogP contribution in [-0.4, -0.2) is 19.9 Å². The van der Waals surface area contributed by atoms with Crippen molar-refractivity contribution < 1.29 is 8.78 Å². The Kier molecular flexibility index (Phi) is 8.45.